The second kappa shape index (κ2) is 4.94. The lowest BCUT2D eigenvalue weighted by Gasteiger charge is -2.39. The van der Waals surface area contributed by atoms with Gasteiger partial charge in [0, 0.05) is 25.7 Å². The molecule has 0 spiro atoms. The van der Waals surface area contributed by atoms with E-state index in [1.54, 1.807) is 0 Å². The molecule has 4 heteroatoms. The van der Waals surface area contributed by atoms with Gasteiger partial charge in [0.25, 0.3) is 0 Å². The van der Waals surface area contributed by atoms with Crippen molar-refractivity contribution in [2.45, 2.75) is 31.0 Å². The number of piperazine rings is 1. The van der Waals surface area contributed by atoms with Gasteiger partial charge >= 0.3 is 5.97 Å². The molecule has 1 N–H and O–H groups in total. The number of fused-ring (bicyclic) bond motifs is 2. The first-order chi connectivity index (χ1) is 9.22. The molecule has 2 heterocycles. The van der Waals surface area contributed by atoms with Gasteiger partial charge in [0.1, 0.15) is 5.54 Å². The molecular formula is C15H20N2O2. The van der Waals surface area contributed by atoms with Crippen molar-refractivity contribution in [1.82, 2.24) is 10.2 Å². The van der Waals surface area contributed by atoms with E-state index in [4.69, 9.17) is 4.74 Å². The summed E-state index contributed by atoms with van der Waals surface area (Å²) in [5, 5.41) is 3.45. The third-order valence-corrected chi connectivity index (χ3v) is 4.20. The summed E-state index contributed by atoms with van der Waals surface area (Å²) in [5.74, 6) is -0.118. The van der Waals surface area contributed by atoms with E-state index in [2.05, 4.69) is 34.5 Å². The van der Waals surface area contributed by atoms with Crippen LogP contribution in [0.1, 0.15) is 18.4 Å². The molecule has 2 aliphatic rings. The van der Waals surface area contributed by atoms with Gasteiger partial charge in [0.2, 0.25) is 0 Å². The van der Waals surface area contributed by atoms with E-state index in [0.29, 0.717) is 6.04 Å². The van der Waals surface area contributed by atoms with Crippen LogP contribution < -0.4 is 5.32 Å². The Morgan fingerprint density at radius 1 is 1.47 bits per heavy atom. The molecule has 1 aromatic carbocycles. The highest BCUT2D eigenvalue weighted by molar-refractivity contribution is 5.82. The SMILES string of the molecule is COC(=O)C12CCC(CN(Cc3ccccc3)C1)N2. The Labute approximate surface area is 113 Å². The fourth-order valence-corrected chi connectivity index (χ4v) is 3.36. The molecule has 4 nitrogen and oxygen atoms in total. The van der Waals surface area contributed by atoms with Gasteiger partial charge in [-0.05, 0) is 18.4 Å². The number of carbonyl (C=O) groups excluding carboxylic acids is 1. The number of nitrogens with one attached hydrogen (secondary N) is 1. The van der Waals surface area contributed by atoms with Gasteiger partial charge in [0.15, 0.2) is 0 Å². The lowest BCUT2D eigenvalue weighted by atomic mass is 9.97. The summed E-state index contributed by atoms with van der Waals surface area (Å²) in [6.45, 7) is 2.65. The summed E-state index contributed by atoms with van der Waals surface area (Å²) >= 11 is 0. The zero-order valence-electron chi connectivity index (χ0n) is 11.3. The molecule has 2 fully saturated rings. The standard InChI is InChI=1S/C15H20N2O2/c1-19-14(18)15-8-7-13(16-15)10-17(11-15)9-12-5-3-2-4-6-12/h2-6,13,16H,7-11H2,1H3. The zero-order chi connectivity index (χ0) is 13.3. The van der Waals surface area contributed by atoms with Crippen LogP contribution >= 0.6 is 0 Å². The smallest absolute Gasteiger partial charge is 0.327 e. The number of nitrogens with zero attached hydrogens (tertiary/aromatic N) is 1. The fraction of sp³-hybridized carbons (Fsp3) is 0.533. The quantitative estimate of drug-likeness (QED) is 0.828. The summed E-state index contributed by atoms with van der Waals surface area (Å²) in [7, 11) is 1.47. The molecule has 0 radical (unpaired) electrons. The largest absolute Gasteiger partial charge is 0.468 e. The van der Waals surface area contributed by atoms with Crippen LogP contribution in [0.2, 0.25) is 0 Å². The number of likely N-dealkylation sites (tertiary alicyclic amines) is 1. The van der Waals surface area contributed by atoms with Crippen LogP contribution in [-0.4, -0.2) is 42.6 Å². The number of carbonyl (C=O) groups is 1. The first-order valence-corrected chi connectivity index (χ1v) is 6.84. The van der Waals surface area contributed by atoms with Gasteiger partial charge < -0.3 is 4.74 Å². The lowest BCUT2D eigenvalue weighted by molar-refractivity contribution is -0.150. The van der Waals surface area contributed by atoms with Gasteiger partial charge in [-0.3, -0.25) is 15.0 Å². The van der Waals surface area contributed by atoms with Crippen molar-refractivity contribution in [2.75, 3.05) is 20.2 Å². The monoisotopic (exact) mass is 260 g/mol. The predicted molar refractivity (Wildman–Crippen MR) is 72.6 cm³/mol. The number of benzene rings is 1. The van der Waals surface area contributed by atoms with Crippen molar-refractivity contribution < 1.29 is 9.53 Å². The molecule has 2 saturated heterocycles. The summed E-state index contributed by atoms with van der Waals surface area (Å²) in [5.41, 5.74) is 0.815. The van der Waals surface area contributed by atoms with E-state index in [1.807, 2.05) is 6.07 Å². The van der Waals surface area contributed by atoms with E-state index in [0.717, 1.165) is 32.5 Å². The van der Waals surface area contributed by atoms with Crippen molar-refractivity contribution in [2.24, 2.45) is 0 Å². The van der Waals surface area contributed by atoms with Gasteiger partial charge in [-0.15, -0.1) is 0 Å². The highest BCUT2D eigenvalue weighted by Gasteiger charge is 2.50. The first kappa shape index (κ1) is 12.6. The Morgan fingerprint density at radius 3 is 3.00 bits per heavy atom. The highest BCUT2D eigenvalue weighted by Crippen LogP contribution is 2.31. The van der Waals surface area contributed by atoms with Gasteiger partial charge in [-0.2, -0.15) is 0 Å². The molecule has 19 heavy (non-hydrogen) atoms. The molecule has 3 rings (SSSR count). The topological polar surface area (TPSA) is 41.6 Å². The summed E-state index contributed by atoms with van der Waals surface area (Å²) in [6.07, 6.45) is 1.94. The van der Waals surface area contributed by atoms with Crippen molar-refractivity contribution >= 4 is 5.97 Å². The van der Waals surface area contributed by atoms with Crippen LogP contribution in [0.3, 0.4) is 0 Å². The second-order valence-electron chi connectivity index (χ2n) is 5.61. The zero-order valence-corrected chi connectivity index (χ0v) is 11.3. The number of rotatable bonds is 3. The second-order valence-corrected chi connectivity index (χ2v) is 5.61. The van der Waals surface area contributed by atoms with Crippen LogP contribution in [0.5, 0.6) is 0 Å². The predicted octanol–water partition coefficient (Wildman–Crippen LogP) is 1.17. The minimum absolute atomic E-state index is 0.118. The minimum Gasteiger partial charge on any atom is -0.468 e. The Balaban J connectivity index is 1.73. The van der Waals surface area contributed by atoms with Gasteiger partial charge in [-0.25, -0.2) is 0 Å². The maximum absolute atomic E-state index is 12.0. The molecule has 0 saturated carbocycles. The van der Waals surface area contributed by atoms with Crippen LogP contribution in [0, 0.1) is 0 Å². The van der Waals surface area contributed by atoms with E-state index < -0.39 is 5.54 Å². The van der Waals surface area contributed by atoms with Crippen LogP contribution in [-0.2, 0) is 16.1 Å². The van der Waals surface area contributed by atoms with Crippen LogP contribution in [0.15, 0.2) is 30.3 Å². The number of hydrogen-bond acceptors (Lipinski definition) is 4. The molecule has 2 aliphatic heterocycles. The molecule has 102 valence electrons. The Kier molecular flexibility index (Phi) is 3.29. The average molecular weight is 260 g/mol. The Morgan fingerprint density at radius 2 is 2.26 bits per heavy atom. The van der Waals surface area contributed by atoms with Crippen molar-refractivity contribution in [1.29, 1.82) is 0 Å². The number of ether oxygens (including phenoxy) is 1. The van der Waals surface area contributed by atoms with Gasteiger partial charge in [-0.1, -0.05) is 30.3 Å². The molecular weight excluding hydrogens is 240 g/mol. The van der Waals surface area contributed by atoms with Crippen LogP contribution in [0.25, 0.3) is 0 Å². The summed E-state index contributed by atoms with van der Waals surface area (Å²) in [4.78, 5) is 14.4. The normalized spacial score (nSPS) is 30.3. The molecule has 1 aromatic rings. The lowest BCUT2D eigenvalue weighted by Crippen LogP contribution is -2.63. The van der Waals surface area contributed by atoms with Gasteiger partial charge in [0.05, 0.1) is 7.11 Å². The van der Waals surface area contributed by atoms with E-state index in [-0.39, 0.29) is 5.97 Å². The molecule has 0 aromatic heterocycles. The summed E-state index contributed by atoms with van der Waals surface area (Å²) < 4.78 is 4.98. The minimum atomic E-state index is -0.480. The maximum atomic E-state index is 12.0. The molecule has 0 aliphatic carbocycles. The molecule has 2 bridgehead atoms. The van der Waals surface area contributed by atoms with E-state index in [9.17, 15) is 4.79 Å². The Bertz CT molecular complexity index is 462. The third kappa shape index (κ3) is 2.38. The first-order valence-electron chi connectivity index (χ1n) is 6.84. The fourth-order valence-electron chi connectivity index (χ4n) is 3.36. The molecule has 2 unspecified atom stereocenters. The van der Waals surface area contributed by atoms with Crippen LogP contribution in [0.4, 0.5) is 0 Å². The van der Waals surface area contributed by atoms with Crippen molar-refractivity contribution in [3.8, 4) is 0 Å². The third-order valence-electron chi connectivity index (χ3n) is 4.20. The maximum Gasteiger partial charge on any atom is 0.327 e. The molecule has 2 atom stereocenters. The highest BCUT2D eigenvalue weighted by atomic mass is 16.5. The van der Waals surface area contributed by atoms with Crippen molar-refractivity contribution in [3.63, 3.8) is 0 Å². The number of esters is 1. The number of hydrogen-bond donors (Lipinski definition) is 1. The molecule has 0 amide bonds. The summed E-state index contributed by atoms with van der Waals surface area (Å²) in [6, 6.07) is 10.8. The van der Waals surface area contributed by atoms with E-state index in [1.165, 1.54) is 12.7 Å². The van der Waals surface area contributed by atoms with Crippen molar-refractivity contribution in [3.05, 3.63) is 35.9 Å². The Hall–Kier alpha value is -1.39. The average Bonchev–Trinajstić information content (AvgIpc) is 2.75. The van der Waals surface area contributed by atoms with E-state index >= 15 is 0 Å². The number of methoxy groups -OCH3 is 1.